The molecule has 100 valence electrons. The molecule has 2 unspecified atom stereocenters. The average Bonchev–Trinajstić information content (AvgIpc) is 2.39. The summed E-state index contributed by atoms with van der Waals surface area (Å²) in [5, 5.41) is 3.41. The van der Waals surface area contributed by atoms with Crippen LogP contribution >= 0.6 is 0 Å². The van der Waals surface area contributed by atoms with Crippen molar-refractivity contribution in [3.8, 4) is 11.5 Å². The molecule has 1 aromatic rings. The maximum atomic E-state index is 5.65. The lowest BCUT2D eigenvalue weighted by Gasteiger charge is -2.28. The highest BCUT2D eigenvalue weighted by atomic mass is 16.6. The molecule has 1 aliphatic rings. The molecule has 0 saturated heterocycles. The van der Waals surface area contributed by atoms with Crippen LogP contribution in [0.15, 0.2) is 18.2 Å². The highest BCUT2D eigenvalue weighted by Crippen LogP contribution is 2.35. The van der Waals surface area contributed by atoms with E-state index in [1.807, 2.05) is 13.1 Å². The monoisotopic (exact) mass is 249 g/mol. The van der Waals surface area contributed by atoms with Crippen molar-refractivity contribution < 1.29 is 9.47 Å². The van der Waals surface area contributed by atoms with E-state index in [1.165, 1.54) is 5.56 Å². The Bertz CT molecular complexity index is 403. The fourth-order valence-corrected chi connectivity index (χ4v) is 2.37. The Morgan fingerprint density at radius 3 is 2.33 bits per heavy atom. The highest BCUT2D eigenvalue weighted by Gasteiger charge is 2.22. The summed E-state index contributed by atoms with van der Waals surface area (Å²) in [6, 6.07) is 6.60. The Balaban J connectivity index is 2.26. The fraction of sp³-hybridized carbons (Fsp3) is 0.600. The molecule has 0 spiro atoms. The van der Waals surface area contributed by atoms with E-state index in [9.17, 15) is 0 Å². The minimum Gasteiger partial charge on any atom is -0.486 e. The second-order valence-corrected chi connectivity index (χ2v) is 5.27. The standard InChI is InChI=1S/C15H23NO2/c1-10(2)11(3)15(16-4)12-5-6-13-14(9-12)18-8-7-17-13/h5-6,9-11,15-16H,7-8H2,1-4H3. The van der Waals surface area contributed by atoms with E-state index >= 15 is 0 Å². The van der Waals surface area contributed by atoms with Crippen molar-refractivity contribution in [3.05, 3.63) is 23.8 Å². The van der Waals surface area contributed by atoms with Crippen molar-refractivity contribution in [1.82, 2.24) is 5.32 Å². The van der Waals surface area contributed by atoms with Gasteiger partial charge in [0.1, 0.15) is 13.2 Å². The van der Waals surface area contributed by atoms with E-state index in [0.29, 0.717) is 31.1 Å². The molecule has 2 atom stereocenters. The van der Waals surface area contributed by atoms with Crippen LogP contribution < -0.4 is 14.8 Å². The number of hydrogen-bond donors (Lipinski definition) is 1. The van der Waals surface area contributed by atoms with Gasteiger partial charge < -0.3 is 14.8 Å². The third-order valence-electron chi connectivity index (χ3n) is 3.81. The first-order valence-electron chi connectivity index (χ1n) is 6.70. The summed E-state index contributed by atoms with van der Waals surface area (Å²) in [4.78, 5) is 0. The second-order valence-electron chi connectivity index (χ2n) is 5.27. The predicted molar refractivity (Wildman–Crippen MR) is 73.2 cm³/mol. The van der Waals surface area contributed by atoms with Gasteiger partial charge in [0.05, 0.1) is 0 Å². The molecule has 2 rings (SSSR count). The van der Waals surface area contributed by atoms with Gasteiger partial charge in [0, 0.05) is 6.04 Å². The smallest absolute Gasteiger partial charge is 0.161 e. The average molecular weight is 249 g/mol. The number of ether oxygens (including phenoxy) is 2. The summed E-state index contributed by atoms with van der Waals surface area (Å²) >= 11 is 0. The van der Waals surface area contributed by atoms with Crippen LogP contribution in [-0.2, 0) is 0 Å². The molecule has 0 saturated carbocycles. The Morgan fingerprint density at radius 2 is 1.72 bits per heavy atom. The SMILES string of the molecule is CNC(c1ccc2c(c1)OCCO2)C(C)C(C)C. The van der Waals surface area contributed by atoms with E-state index in [0.717, 1.165) is 11.5 Å². The topological polar surface area (TPSA) is 30.5 Å². The summed E-state index contributed by atoms with van der Waals surface area (Å²) in [5.41, 5.74) is 1.27. The first kappa shape index (κ1) is 13.2. The molecule has 18 heavy (non-hydrogen) atoms. The normalized spacial score (nSPS) is 17.6. The van der Waals surface area contributed by atoms with Gasteiger partial charge in [0.15, 0.2) is 11.5 Å². The summed E-state index contributed by atoms with van der Waals surface area (Å²) in [6.07, 6.45) is 0. The molecule has 0 radical (unpaired) electrons. The molecular weight excluding hydrogens is 226 g/mol. The van der Waals surface area contributed by atoms with Gasteiger partial charge in [-0.25, -0.2) is 0 Å². The predicted octanol–water partition coefficient (Wildman–Crippen LogP) is 3.01. The zero-order valence-corrected chi connectivity index (χ0v) is 11.7. The minimum absolute atomic E-state index is 0.348. The molecule has 1 aromatic carbocycles. The Morgan fingerprint density at radius 1 is 1.06 bits per heavy atom. The maximum Gasteiger partial charge on any atom is 0.161 e. The van der Waals surface area contributed by atoms with E-state index in [1.54, 1.807) is 0 Å². The lowest BCUT2D eigenvalue weighted by atomic mass is 9.86. The summed E-state index contributed by atoms with van der Waals surface area (Å²) in [5.74, 6) is 2.93. The Labute approximate surface area is 109 Å². The third kappa shape index (κ3) is 2.61. The van der Waals surface area contributed by atoms with Crippen LogP contribution in [0.2, 0.25) is 0 Å². The number of rotatable bonds is 4. The van der Waals surface area contributed by atoms with Crippen molar-refractivity contribution in [1.29, 1.82) is 0 Å². The fourth-order valence-electron chi connectivity index (χ4n) is 2.37. The number of hydrogen-bond acceptors (Lipinski definition) is 3. The van der Waals surface area contributed by atoms with Gasteiger partial charge in [0.2, 0.25) is 0 Å². The molecule has 1 N–H and O–H groups in total. The first-order valence-corrected chi connectivity index (χ1v) is 6.70. The van der Waals surface area contributed by atoms with Gasteiger partial charge >= 0.3 is 0 Å². The molecule has 0 aromatic heterocycles. The van der Waals surface area contributed by atoms with Gasteiger partial charge in [-0.05, 0) is 36.6 Å². The van der Waals surface area contributed by atoms with E-state index in [4.69, 9.17) is 9.47 Å². The molecule has 0 amide bonds. The molecule has 0 aliphatic carbocycles. The maximum absolute atomic E-state index is 5.65. The van der Waals surface area contributed by atoms with Crippen LogP contribution in [0.5, 0.6) is 11.5 Å². The van der Waals surface area contributed by atoms with Crippen molar-refractivity contribution in [2.75, 3.05) is 20.3 Å². The van der Waals surface area contributed by atoms with Gasteiger partial charge in [-0.15, -0.1) is 0 Å². The number of nitrogens with one attached hydrogen (secondary N) is 1. The minimum atomic E-state index is 0.348. The summed E-state index contributed by atoms with van der Waals surface area (Å²) in [7, 11) is 2.01. The Kier molecular flexibility index (Phi) is 4.12. The second kappa shape index (κ2) is 5.61. The molecular formula is C15H23NO2. The summed E-state index contributed by atoms with van der Waals surface area (Å²) in [6.45, 7) is 8.08. The van der Waals surface area contributed by atoms with Gasteiger partial charge in [0.25, 0.3) is 0 Å². The van der Waals surface area contributed by atoms with Crippen LogP contribution in [0.3, 0.4) is 0 Å². The van der Waals surface area contributed by atoms with Crippen molar-refractivity contribution in [3.63, 3.8) is 0 Å². The van der Waals surface area contributed by atoms with Crippen molar-refractivity contribution in [2.24, 2.45) is 11.8 Å². The lowest BCUT2D eigenvalue weighted by molar-refractivity contribution is 0.171. The molecule has 3 heteroatoms. The quantitative estimate of drug-likeness (QED) is 0.889. The van der Waals surface area contributed by atoms with Gasteiger partial charge in [-0.3, -0.25) is 0 Å². The molecule has 1 heterocycles. The first-order chi connectivity index (χ1) is 8.63. The van der Waals surface area contributed by atoms with E-state index < -0.39 is 0 Å². The zero-order valence-electron chi connectivity index (χ0n) is 11.7. The summed E-state index contributed by atoms with van der Waals surface area (Å²) < 4.78 is 11.2. The zero-order chi connectivity index (χ0) is 13.1. The molecule has 0 fully saturated rings. The van der Waals surface area contributed by atoms with Gasteiger partial charge in [-0.2, -0.15) is 0 Å². The number of fused-ring (bicyclic) bond motifs is 1. The molecule has 1 aliphatic heterocycles. The van der Waals surface area contributed by atoms with Crippen LogP contribution in [0.25, 0.3) is 0 Å². The van der Waals surface area contributed by atoms with Crippen molar-refractivity contribution in [2.45, 2.75) is 26.8 Å². The Hall–Kier alpha value is -1.22. The molecule has 3 nitrogen and oxygen atoms in total. The highest BCUT2D eigenvalue weighted by molar-refractivity contribution is 5.44. The van der Waals surface area contributed by atoms with Crippen LogP contribution in [0, 0.1) is 11.8 Å². The van der Waals surface area contributed by atoms with E-state index in [-0.39, 0.29) is 0 Å². The van der Waals surface area contributed by atoms with Crippen LogP contribution in [0.1, 0.15) is 32.4 Å². The van der Waals surface area contributed by atoms with Crippen molar-refractivity contribution >= 4 is 0 Å². The van der Waals surface area contributed by atoms with E-state index in [2.05, 4.69) is 38.2 Å². The van der Waals surface area contributed by atoms with Crippen LogP contribution in [0.4, 0.5) is 0 Å². The lowest BCUT2D eigenvalue weighted by Crippen LogP contribution is -2.27. The molecule has 0 bridgehead atoms. The largest absolute Gasteiger partial charge is 0.486 e. The van der Waals surface area contributed by atoms with Gasteiger partial charge in [-0.1, -0.05) is 26.8 Å². The third-order valence-corrected chi connectivity index (χ3v) is 3.81. The van der Waals surface area contributed by atoms with Crippen LogP contribution in [-0.4, -0.2) is 20.3 Å². The number of benzene rings is 1.